The second-order valence-corrected chi connectivity index (χ2v) is 27.6. The molecule has 70 heavy (non-hydrogen) atoms. The Morgan fingerprint density at radius 3 is 1.19 bits per heavy atom. The summed E-state index contributed by atoms with van der Waals surface area (Å²) in [6.45, 7) is 41.3. The van der Waals surface area contributed by atoms with Crippen molar-refractivity contribution in [2.75, 3.05) is 0 Å². The summed E-state index contributed by atoms with van der Waals surface area (Å²) < 4.78 is 0. The lowest BCUT2D eigenvalue weighted by atomic mass is 9.78. The molecule has 1 N–H and O–H groups in total. The highest BCUT2D eigenvalue weighted by atomic mass is 35.5. The first-order chi connectivity index (χ1) is 32.3. The quantitative estimate of drug-likeness (QED) is 0.181. The van der Waals surface area contributed by atoms with E-state index in [0.29, 0.717) is 0 Å². The van der Waals surface area contributed by atoms with E-state index in [-0.39, 0.29) is 32.5 Å². The molecule has 1 nitrogen and oxygen atoms in total. The van der Waals surface area contributed by atoms with E-state index in [2.05, 4.69) is 239 Å². The van der Waals surface area contributed by atoms with Gasteiger partial charge in [-0.1, -0.05) is 239 Å². The molecule has 3 heteroatoms. The minimum absolute atomic E-state index is 0.00190. The SMILES string of the molecule is CC(C)(C)c1cc(-c2ccc3c(c2)Cc2c-3c(-c3ccc(C(C)(C)C)cc3Cl)c3[nH]c4cc(-c5cc(C(C)(C)C)cc(C(C)(C)C)c5)ccc4c3c2-c2ccc(C(C)(C)C)cc2Cl)cc(C(C)(C)C)c1. The van der Waals surface area contributed by atoms with Crippen molar-refractivity contribution in [3.63, 3.8) is 0 Å². The Bertz CT molecular complexity index is 3340. The molecule has 7 aromatic carbocycles. The normalized spacial score (nSPS) is 13.7. The van der Waals surface area contributed by atoms with E-state index in [9.17, 15) is 0 Å². The molecule has 0 saturated heterocycles. The van der Waals surface area contributed by atoms with Crippen molar-refractivity contribution in [3.8, 4) is 55.6 Å². The van der Waals surface area contributed by atoms with E-state index in [0.717, 1.165) is 44.2 Å². The standard InChI is InChI=1S/C67H75Cl2N/c1-62(2,3)43-21-25-50(54(68)36-43)58-53-32-42-27-38(40-28-45(64(7,8)9)34-46(29-40)65(10,11)12)19-23-49(42)57(53)59(51-26-22-44(37-55(51)69)63(4,5)6)61-60(58)52-24-20-39(33-56(52)70-61)41-30-47(66(13,14)15)35-48(31-41)67(16,17)18/h19-31,33-37,70H,32H2,1-18H3. The van der Waals surface area contributed by atoms with Crippen LogP contribution in [0.5, 0.6) is 0 Å². The molecule has 0 unspecified atom stereocenters. The molecule has 0 amide bonds. The third-order valence-electron chi connectivity index (χ3n) is 15.1. The molecule has 9 rings (SSSR count). The van der Waals surface area contributed by atoms with Crippen molar-refractivity contribution in [2.24, 2.45) is 0 Å². The molecule has 1 aliphatic rings. The molecule has 0 spiro atoms. The summed E-state index contributed by atoms with van der Waals surface area (Å²) >= 11 is 15.3. The van der Waals surface area contributed by atoms with Crippen LogP contribution in [0.25, 0.3) is 77.4 Å². The van der Waals surface area contributed by atoms with Gasteiger partial charge < -0.3 is 4.98 Å². The van der Waals surface area contributed by atoms with Gasteiger partial charge in [0.05, 0.1) is 5.52 Å². The molecule has 1 heterocycles. The van der Waals surface area contributed by atoms with Crippen LogP contribution in [0.1, 0.15) is 169 Å². The number of hydrogen-bond donors (Lipinski definition) is 1. The van der Waals surface area contributed by atoms with Gasteiger partial charge in [0.2, 0.25) is 0 Å². The van der Waals surface area contributed by atoms with Crippen LogP contribution in [0.3, 0.4) is 0 Å². The number of aromatic amines is 1. The summed E-state index contributed by atoms with van der Waals surface area (Å²) in [6, 6.07) is 42.2. The fourth-order valence-electron chi connectivity index (χ4n) is 10.5. The maximum atomic E-state index is 7.63. The van der Waals surface area contributed by atoms with Crippen LogP contribution in [0.2, 0.25) is 10.0 Å². The summed E-state index contributed by atoms with van der Waals surface area (Å²) in [7, 11) is 0. The lowest BCUT2D eigenvalue weighted by Gasteiger charge is -2.26. The molecule has 8 aromatic rings. The third kappa shape index (κ3) is 9.09. The number of halogens is 2. The van der Waals surface area contributed by atoms with Crippen LogP contribution in [0, 0.1) is 0 Å². The minimum atomic E-state index is -0.0614. The number of hydrogen-bond acceptors (Lipinski definition) is 0. The van der Waals surface area contributed by atoms with Gasteiger partial charge in [0.15, 0.2) is 0 Å². The average Bonchev–Trinajstić information content (AvgIpc) is 3.82. The van der Waals surface area contributed by atoms with Gasteiger partial charge in [-0.2, -0.15) is 0 Å². The Morgan fingerprint density at radius 1 is 0.357 bits per heavy atom. The molecule has 362 valence electrons. The van der Waals surface area contributed by atoms with Crippen LogP contribution in [-0.4, -0.2) is 4.98 Å². The first-order valence-electron chi connectivity index (χ1n) is 25.5. The molecular formula is C67H75Cl2N. The Balaban J connectivity index is 1.38. The van der Waals surface area contributed by atoms with Gasteiger partial charge in [-0.25, -0.2) is 0 Å². The number of benzene rings is 7. The lowest BCUT2D eigenvalue weighted by molar-refractivity contribution is 0.568. The van der Waals surface area contributed by atoms with E-state index in [1.54, 1.807) is 0 Å². The molecule has 0 fully saturated rings. The van der Waals surface area contributed by atoms with Gasteiger partial charge >= 0.3 is 0 Å². The summed E-state index contributed by atoms with van der Waals surface area (Å²) in [6.07, 6.45) is 0.761. The largest absolute Gasteiger partial charge is 0.354 e. The van der Waals surface area contributed by atoms with Crippen LogP contribution < -0.4 is 0 Å². The van der Waals surface area contributed by atoms with Crippen molar-refractivity contribution in [1.29, 1.82) is 0 Å². The number of H-pyrrole nitrogens is 1. The number of aromatic nitrogens is 1. The molecule has 0 atom stereocenters. The van der Waals surface area contributed by atoms with Crippen molar-refractivity contribution >= 4 is 45.0 Å². The summed E-state index contributed by atoms with van der Waals surface area (Å²) in [5, 5.41) is 3.87. The van der Waals surface area contributed by atoms with Crippen LogP contribution in [-0.2, 0) is 38.9 Å². The summed E-state index contributed by atoms with van der Waals surface area (Å²) in [4.78, 5) is 4.12. The predicted molar refractivity (Wildman–Crippen MR) is 308 cm³/mol. The fraction of sp³-hybridized carbons (Fsp3) is 0.373. The third-order valence-corrected chi connectivity index (χ3v) is 15.7. The van der Waals surface area contributed by atoms with E-state index < -0.39 is 0 Å². The van der Waals surface area contributed by atoms with Gasteiger partial charge in [-0.3, -0.25) is 0 Å². The molecule has 0 bridgehead atoms. The second-order valence-electron chi connectivity index (χ2n) is 26.8. The molecule has 0 aliphatic heterocycles. The first-order valence-corrected chi connectivity index (χ1v) is 26.3. The number of rotatable bonds is 4. The molecular weight excluding hydrogens is 890 g/mol. The van der Waals surface area contributed by atoms with Crippen molar-refractivity contribution < 1.29 is 0 Å². The maximum Gasteiger partial charge on any atom is 0.0557 e. The van der Waals surface area contributed by atoms with E-state index in [4.69, 9.17) is 23.2 Å². The topological polar surface area (TPSA) is 15.8 Å². The Morgan fingerprint density at radius 2 is 0.757 bits per heavy atom. The van der Waals surface area contributed by atoms with Crippen LogP contribution in [0.4, 0.5) is 0 Å². The van der Waals surface area contributed by atoms with Gasteiger partial charge in [0, 0.05) is 43.0 Å². The molecule has 0 radical (unpaired) electrons. The minimum Gasteiger partial charge on any atom is -0.354 e. The van der Waals surface area contributed by atoms with Crippen LogP contribution >= 0.6 is 23.2 Å². The zero-order valence-electron chi connectivity index (χ0n) is 45.4. The van der Waals surface area contributed by atoms with Gasteiger partial charge in [-0.05, 0) is 141 Å². The highest BCUT2D eigenvalue weighted by molar-refractivity contribution is 6.36. The maximum absolute atomic E-state index is 7.63. The van der Waals surface area contributed by atoms with Crippen LogP contribution in [0.15, 0.2) is 109 Å². The van der Waals surface area contributed by atoms with Crippen molar-refractivity contribution in [2.45, 2.75) is 164 Å². The van der Waals surface area contributed by atoms with Gasteiger partial charge in [-0.15, -0.1) is 0 Å². The smallest absolute Gasteiger partial charge is 0.0557 e. The Kier molecular flexibility index (Phi) is 11.9. The Hall–Kier alpha value is -5.08. The molecule has 1 aromatic heterocycles. The lowest BCUT2D eigenvalue weighted by Crippen LogP contribution is -2.16. The monoisotopic (exact) mass is 964 g/mol. The van der Waals surface area contributed by atoms with Crippen molar-refractivity contribution in [1.82, 2.24) is 4.98 Å². The second kappa shape index (κ2) is 16.7. The zero-order chi connectivity index (χ0) is 51.0. The number of fused-ring (bicyclic) bond motifs is 6. The Labute approximate surface area is 430 Å². The number of nitrogens with one attached hydrogen (secondary N) is 1. The van der Waals surface area contributed by atoms with Gasteiger partial charge in [0.25, 0.3) is 0 Å². The molecule has 1 aliphatic carbocycles. The van der Waals surface area contributed by atoms with E-state index in [1.165, 1.54) is 94.2 Å². The van der Waals surface area contributed by atoms with Gasteiger partial charge in [0.1, 0.15) is 0 Å². The van der Waals surface area contributed by atoms with E-state index in [1.807, 2.05) is 0 Å². The highest BCUT2D eigenvalue weighted by Gasteiger charge is 2.34. The highest BCUT2D eigenvalue weighted by Crippen LogP contribution is 2.56. The van der Waals surface area contributed by atoms with Crippen molar-refractivity contribution in [3.05, 3.63) is 164 Å². The average molecular weight is 965 g/mol. The first kappa shape index (κ1) is 49.9. The summed E-state index contributed by atoms with van der Waals surface area (Å²) in [5.41, 5.74) is 24.3. The molecule has 0 saturated carbocycles. The van der Waals surface area contributed by atoms with E-state index >= 15 is 0 Å². The fourth-order valence-corrected chi connectivity index (χ4v) is 11.0. The predicted octanol–water partition coefficient (Wildman–Crippen LogP) is 20.7. The zero-order valence-corrected chi connectivity index (χ0v) is 46.9. The summed E-state index contributed by atoms with van der Waals surface area (Å²) in [5.74, 6) is 0.